The minimum Gasteiger partial charge on any atom is -0.450 e. The summed E-state index contributed by atoms with van der Waals surface area (Å²) in [4.78, 5) is 33.6. The number of rotatable bonds is 3. The number of para-hydroxylation sites is 1. The monoisotopic (exact) mass is 317 g/mol. The van der Waals surface area contributed by atoms with Crippen molar-refractivity contribution in [3.63, 3.8) is 0 Å². The second-order valence-corrected chi connectivity index (χ2v) is 5.18. The van der Waals surface area contributed by atoms with Gasteiger partial charge in [0.05, 0.1) is 15.9 Å². The van der Waals surface area contributed by atoms with Crippen LogP contribution in [0.4, 0.5) is 0 Å². The lowest BCUT2D eigenvalue weighted by molar-refractivity contribution is 0.0314. The van der Waals surface area contributed by atoms with Crippen molar-refractivity contribution in [2.45, 2.75) is 13.0 Å². The van der Waals surface area contributed by atoms with E-state index in [9.17, 15) is 9.59 Å². The van der Waals surface area contributed by atoms with Crippen molar-refractivity contribution in [2.24, 2.45) is 0 Å². The smallest absolute Gasteiger partial charge is 0.355 e. The van der Waals surface area contributed by atoms with Gasteiger partial charge in [-0.1, -0.05) is 23.7 Å². The Labute approximate surface area is 130 Å². The molecule has 6 nitrogen and oxygen atoms in total. The molecule has 0 unspecified atom stereocenters. The van der Waals surface area contributed by atoms with E-state index >= 15 is 0 Å². The number of aromatic nitrogens is 3. The minimum atomic E-state index is -0.702. The molecule has 0 spiro atoms. The first-order valence-electron chi connectivity index (χ1n) is 6.58. The molecule has 0 radical (unpaired) electrons. The second-order valence-electron chi connectivity index (χ2n) is 4.75. The Morgan fingerprint density at radius 3 is 2.86 bits per heavy atom. The number of hydrogen-bond donors (Lipinski definition) is 2. The summed E-state index contributed by atoms with van der Waals surface area (Å²) in [7, 11) is 0. The second kappa shape index (κ2) is 5.65. The molecule has 3 rings (SSSR count). The molecule has 3 aromatic rings. The van der Waals surface area contributed by atoms with Crippen LogP contribution in [0.3, 0.4) is 0 Å². The lowest BCUT2D eigenvalue weighted by atomic mass is 10.2. The summed E-state index contributed by atoms with van der Waals surface area (Å²) < 4.78 is 5.28. The van der Waals surface area contributed by atoms with Crippen molar-refractivity contribution < 1.29 is 9.53 Å². The van der Waals surface area contributed by atoms with E-state index in [1.54, 1.807) is 31.2 Å². The van der Waals surface area contributed by atoms with E-state index in [0.717, 1.165) is 0 Å². The topological polar surface area (TPSA) is 87.8 Å². The van der Waals surface area contributed by atoms with Gasteiger partial charge >= 0.3 is 5.97 Å². The van der Waals surface area contributed by atoms with Crippen molar-refractivity contribution in [1.82, 2.24) is 15.0 Å². The molecule has 7 heteroatoms. The average molecular weight is 318 g/mol. The number of halogens is 1. The third-order valence-electron chi connectivity index (χ3n) is 3.17. The van der Waals surface area contributed by atoms with Gasteiger partial charge in [0.2, 0.25) is 0 Å². The maximum absolute atomic E-state index is 12.0. The van der Waals surface area contributed by atoms with Gasteiger partial charge in [-0.3, -0.25) is 4.79 Å². The fourth-order valence-electron chi connectivity index (χ4n) is 2.06. The highest BCUT2D eigenvalue weighted by Crippen LogP contribution is 2.17. The van der Waals surface area contributed by atoms with Gasteiger partial charge in [-0.2, -0.15) is 0 Å². The highest BCUT2D eigenvalue weighted by molar-refractivity contribution is 6.30. The zero-order valence-electron chi connectivity index (χ0n) is 11.6. The Kier molecular flexibility index (Phi) is 3.68. The van der Waals surface area contributed by atoms with Crippen molar-refractivity contribution in [2.75, 3.05) is 0 Å². The van der Waals surface area contributed by atoms with E-state index in [4.69, 9.17) is 16.3 Å². The fraction of sp³-hybridized carbons (Fsp3) is 0.133. The number of carbonyl (C=O) groups is 1. The van der Waals surface area contributed by atoms with E-state index < -0.39 is 12.1 Å². The highest BCUT2D eigenvalue weighted by atomic mass is 35.5. The number of fused-ring (bicyclic) bond motifs is 1. The van der Waals surface area contributed by atoms with Crippen LogP contribution in [0.25, 0.3) is 10.9 Å². The van der Waals surface area contributed by atoms with Gasteiger partial charge in [-0.25, -0.2) is 9.78 Å². The largest absolute Gasteiger partial charge is 0.450 e. The normalized spacial score (nSPS) is 12.3. The van der Waals surface area contributed by atoms with E-state index in [1.807, 2.05) is 0 Å². The average Bonchev–Trinajstić information content (AvgIpc) is 2.94. The summed E-state index contributed by atoms with van der Waals surface area (Å²) >= 11 is 5.75. The molecule has 0 amide bonds. The predicted octanol–water partition coefficient (Wildman–Crippen LogP) is 2.82. The zero-order valence-corrected chi connectivity index (χ0v) is 12.3. The first kappa shape index (κ1) is 14.3. The van der Waals surface area contributed by atoms with Crippen molar-refractivity contribution in [3.05, 3.63) is 63.4 Å². The maximum atomic E-state index is 12.0. The predicted molar refractivity (Wildman–Crippen MR) is 82.0 cm³/mol. The van der Waals surface area contributed by atoms with Crippen LogP contribution < -0.4 is 5.56 Å². The van der Waals surface area contributed by atoms with Crippen molar-refractivity contribution >= 4 is 28.5 Å². The first-order valence-corrected chi connectivity index (χ1v) is 6.96. The van der Waals surface area contributed by atoms with Crippen LogP contribution in [0.2, 0.25) is 5.02 Å². The van der Waals surface area contributed by atoms with Crippen LogP contribution in [-0.2, 0) is 4.74 Å². The van der Waals surface area contributed by atoms with Crippen LogP contribution in [0.15, 0.2) is 41.3 Å². The number of benzene rings is 1. The van der Waals surface area contributed by atoms with Gasteiger partial charge in [0.15, 0.2) is 11.9 Å². The molecule has 2 heterocycles. The van der Waals surface area contributed by atoms with Crippen LogP contribution in [0.5, 0.6) is 0 Å². The SMILES string of the molecule is C[C@H](OC(=O)c1cc(Cl)c[nH]1)c1nc2ccccc2c(=O)[nH]1. The highest BCUT2D eigenvalue weighted by Gasteiger charge is 2.17. The molecule has 1 aromatic carbocycles. The Morgan fingerprint density at radius 1 is 1.36 bits per heavy atom. The molecule has 2 N–H and O–H groups in total. The standard InChI is InChI=1S/C15H12ClN3O3/c1-8(22-15(21)12-6-9(16)7-17-12)13-18-11-5-3-2-4-10(11)14(20)19-13/h2-8,17H,1H3,(H,18,19,20)/t8-/m0/s1. The van der Waals surface area contributed by atoms with Gasteiger partial charge in [-0.15, -0.1) is 0 Å². The quantitative estimate of drug-likeness (QED) is 0.727. The molecule has 112 valence electrons. The molecule has 0 aliphatic heterocycles. The molecular formula is C15H12ClN3O3. The Bertz CT molecular complexity index is 900. The summed E-state index contributed by atoms with van der Waals surface area (Å²) in [5.74, 6) is -0.287. The Balaban J connectivity index is 1.87. The van der Waals surface area contributed by atoms with E-state index in [1.165, 1.54) is 12.3 Å². The molecule has 22 heavy (non-hydrogen) atoms. The van der Waals surface area contributed by atoms with Gasteiger partial charge in [0, 0.05) is 6.20 Å². The summed E-state index contributed by atoms with van der Waals surface area (Å²) in [6.45, 7) is 1.63. The Hall–Kier alpha value is -2.60. The van der Waals surface area contributed by atoms with Crippen LogP contribution >= 0.6 is 11.6 Å². The van der Waals surface area contributed by atoms with E-state index in [2.05, 4.69) is 15.0 Å². The number of carbonyl (C=O) groups excluding carboxylic acids is 1. The van der Waals surface area contributed by atoms with E-state index in [0.29, 0.717) is 15.9 Å². The Morgan fingerprint density at radius 2 is 2.14 bits per heavy atom. The maximum Gasteiger partial charge on any atom is 0.355 e. The fourth-order valence-corrected chi connectivity index (χ4v) is 2.23. The van der Waals surface area contributed by atoms with Gasteiger partial charge in [0.1, 0.15) is 5.69 Å². The number of aromatic amines is 2. The third-order valence-corrected chi connectivity index (χ3v) is 3.39. The lowest BCUT2D eigenvalue weighted by Gasteiger charge is -2.12. The molecule has 0 aliphatic carbocycles. The van der Waals surface area contributed by atoms with Gasteiger partial charge in [0.25, 0.3) is 5.56 Å². The number of nitrogens with zero attached hydrogens (tertiary/aromatic N) is 1. The van der Waals surface area contributed by atoms with Crippen molar-refractivity contribution in [3.8, 4) is 0 Å². The third kappa shape index (κ3) is 2.73. The lowest BCUT2D eigenvalue weighted by Crippen LogP contribution is -2.17. The molecule has 0 bridgehead atoms. The molecule has 2 aromatic heterocycles. The summed E-state index contributed by atoms with van der Waals surface area (Å²) in [5.41, 5.74) is 0.512. The zero-order chi connectivity index (χ0) is 15.7. The van der Waals surface area contributed by atoms with Crippen LogP contribution in [0, 0.1) is 0 Å². The molecular weight excluding hydrogens is 306 g/mol. The molecule has 0 fully saturated rings. The number of nitrogens with one attached hydrogen (secondary N) is 2. The number of ether oxygens (including phenoxy) is 1. The first-order chi connectivity index (χ1) is 10.5. The van der Waals surface area contributed by atoms with Gasteiger partial charge < -0.3 is 14.7 Å². The van der Waals surface area contributed by atoms with Crippen molar-refractivity contribution in [1.29, 1.82) is 0 Å². The molecule has 0 aliphatic rings. The molecule has 0 saturated carbocycles. The summed E-state index contributed by atoms with van der Waals surface area (Å²) in [6, 6.07) is 8.43. The number of H-pyrrole nitrogens is 2. The minimum absolute atomic E-state index is 0.236. The number of hydrogen-bond acceptors (Lipinski definition) is 4. The summed E-state index contributed by atoms with van der Waals surface area (Å²) in [5, 5.41) is 0.901. The number of esters is 1. The van der Waals surface area contributed by atoms with Crippen LogP contribution in [0.1, 0.15) is 29.3 Å². The summed E-state index contributed by atoms with van der Waals surface area (Å²) in [6.07, 6.45) is 0.783. The van der Waals surface area contributed by atoms with Gasteiger partial charge in [-0.05, 0) is 25.1 Å². The molecule has 1 atom stereocenters. The van der Waals surface area contributed by atoms with Crippen LogP contribution in [-0.4, -0.2) is 20.9 Å². The van der Waals surface area contributed by atoms with E-state index in [-0.39, 0.29) is 17.1 Å². The molecule has 0 saturated heterocycles.